The molecule has 0 aliphatic carbocycles. The van der Waals surface area contributed by atoms with Crippen molar-refractivity contribution in [3.05, 3.63) is 28.3 Å². The van der Waals surface area contributed by atoms with Gasteiger partial charge >= 0.3 is 5.97 Å². The average molecular weight is 265 g/mol. The van der Waals surface area contributed by atoms with Crippen LogP contribution in [0.3, 0.4) is 0 Å². The van der Waals surface area contributed by atoms with Gasteiger partial charge in [0.05, 0.1) is 13.7 Å². The molecule has 0 aliphatic heterocycles. The van der Waals surface area contributed by atoms with Crippen molar-refractivity contribution in [3.8, 4) is 5.75 Å². The van der Waals surface area contributed by atoms with Gasteiger partial charge < -0.3 is 15.2 Å². The van der Waals surface area contributed by atoms with Crippen LogP contribution in [0.2, 0.25) is 0 Å². The minimum absolute atomic E-state index is 0.354. The van der Waals surface area contributed by atoms with E-state index in [2.05, 4.69) is 13.0 Å². The number of esters is 1. The third-order valence-electron chi connectivity index (χ3n) is 3.33. The minimum atomic E-state index is -0.569. The second kappa shape index (κ2) is 6.57. The first kappa shape index (κ1) is 15.5. The first-order chi connectivity index (χ1) is 8.88. The van der Waals surface area contributed by atoms with Crippen LogP contribution in [0.25, 0.3) is 0 Å². The SMILES string of the molecule is COc1c(C)cc(CCOC(=O)C(C)N)c(C)c1C. The van der Waals surface area contributed by atoms with E-state index in [0.29, 0.717) is 13.0 Å². The van der Waals surface area contributed by atoms with Crippen molar-refractivity contribution >= 4 is 5.97 Å². The van der Waals surface area contributed by atoms with Crippen molar-refractivity contribution < 1.29 is 14.3 Å². The maximum Gasteiger partial charge on any atom is 0.322 e. The van der Waals surface area contributed by atoms with Crippen LogP contribution in [0.15, 0.2) is 6.07 Å². The standard InChI is InChI=1S/C15H23NO3/c1-9-8-13(6-7-19-15(17)12(4)16)10(2)11(3)14(9)18-5/h8,12H,6-7,16H2,1-5H3. The van der Waals surface area contributed by atoms with Crippen LogP contribution in [0.4, 0.5) is 0 Å². The Morgan fingerprint density at radius 2 is 1.95 bits per heavy atom. The van der Waals surface area contributed by atoms with Gasteiger partial charge in [0, 0.05) is 6.42 Å². The highest BCUT2D eigenvalue weighted by Gasteiger charge is 2.12. The van der Waals surface area contributed by atoms with Crippen molar-refractivity contribution in [1.82, 2.24) is 0 Å². The second-order valence-electron chi connectivity index (χ2n) is 4.84. The van der Waals surface area contributed by atoms with Crippen molar-refractivity contribution in [2.45, 2.75) is 40.2 Å². The Labute approximate surface area is 114 Å². The van der Waals surface area contributed by atoms with Gasteiger partial charge in [-0.1, -0.05) is 6.07 Å². The Kier molecular flexibility index (Phi) is 5.36. The molecule has 1 aromatic rings. The van der Waals surface area contributed by atoms with Crippen LogP contribution in [0.5, 0.6) is 5.75 Å². The summed E-state index contributed by atoms with van der Waals surface area (Å²) in [6.45, 7) is 8.09. The van der Waals surface area contributed by atoms with Crippen molar-refractivity contribution in [3.63, 3.8) is 0 Å². The Hall–Kier alpha value is -1.55. The molecule has 0 amide bonds. The molecule has 1 atom stereocenters. The van der Waals surface area contributed by atoms with Crippen LogP contribution in [-0.2, 0) is 16.0 Å². The van der Waals surface area contributed by atoms with Crippen molar-refractivity contribution in [2.75, 3.05) is 13.7 Å². The molecule has 0 fully saturated rings. The van der Waals surface area contributed by atoms with E-state index in [9.17, 15) is 4.79 Å². The molecule has 4 heteroatoms. The molecule has 0 heterocycles. The fraction of sp³-hybridized carbons (Fsp3) is 0.533. The average Bonchev–Trinajstić information content (AvgIpc) is 2.35. The molecule has 1 rings (SSSR count). The van der Waals surface area contributed by atoms with Gasteiger partial charge in [-0.3, -0.25) is 4.79 Å². The van der Waals surface area contributed by atoms with Gasteiger partial charge in [0.25, 0.3) is 0 Å². The smallest absolute Gasteiger partial charge is 0.322 e. The quantitative estimate of drug-likeness (QED) is 0.828. The van der Waals surface area contributed by atoms with Gasteiger partial charge in [-0.2, -0.15) is 0 Å². The fourth-order valence-corrected chi connectivity index (χ4v) is 2.11. The third kappa shape index (κ3) is 3.70. The Morgan fingerprint density at radius 3 is 2.47 bits per heavy atom. The topological polar surface area (TPSA) is 61.5 Å². The molecule has 1 unspecified atom stereocenters. The van der Waals surface area contributed by atoms with Gasteiger partial charge in [0.1, 0.15) is 11.8 Å². The zero-order chi connectivity index (χ0) is 14.6. The number of ether oxygens (including phenoxy) is 2. The van der Waals surface area contributed by atoms with E-state index < -0.39 is 6.04 Å². The lowest BCUT2D eigenvalue weighted by atomic mass is 9.97. The highest BCUT2D eigenvalue weighted by atomic mass is 16.5. The molecule has 0 spiro atoms. The van der Waals surface area contributed by atoms with E-state index in [1.54, 1.807) is 14.0 Å². The normalized spacial score (nSPS) is 12.1. The summed E-state index contributed by atoms with van der Waals surface area (Å²) >= 11 is 0. The summed E-state index contributed by atoms with van der Waals surface area (Å²) in [5.41, 5.74) is 10.0. The van der Waals surface area contributed by atoms with Crippen LogP contribution < -0.4 is 10.5 Å². The van der Waals surface area contributed by atoms with Crippen LogP contribution in [0.1, 0.15) is 29.2 Å². The van der Waals surface area contributed by atoms with E-state index in [1.165, 1.54) is 11.1 Å². The number of aryl methyl sites for hydroxylation is 1. The van der Waals surface area contributed by atoms with E-state index in [1.807, 2.05) is 13.8 Å². The van der Waals surface area contributed by atoms with Crippen molar-refractivity contribution in [2.24, 2.45) is 5.73 Å². The largest absolute Gasteiger partial charge is 0.496 e. The van der Waals surface area contributed by atoms with E-state index in [-0.39, 0.29) is 5.97 Å². The lowest BCUT2D eigenvalue weighted by Gasteiger charge is -2.16. The lowest BCUT2D eigenvalue weighted by Crippen LogP contribution is -2.29. The van der Waals surface area contributed by atoms with E-state index in [0.717, 1.165) is 16.9 Å². The number of hydrogen-bond acceptors (Lipinski definition) is 4. The van der Waals surface area contributed by atoms with E-state index >= 15 is 0 Å². The Balaban J connectivity index is 2.78. The summed E-state index contributed by atoms with van der Waals surface area (Å²) in [4.78, 5) is 11.3. The molecule has 0 aliphatic rings. The third-order valence-corrected chi connectivity index (χ3v) is 3.33. The molecule has 4 nitrogen and oxygen atoms in total. The van der Waals surface area contributed by atoms with Crippen LogP contribution in [0, 0.1) is 20.8 Å². The molecule has 106 valence electrons. The van der Waals surface area contributed by atoms with Crippen LogP contribution >= 0.6 is 0 Å². The van der Waals surface area contributed by atoms with Gasteiger partial charge in [-0.05, 0) is 49.9 Å². The maximum atomic E-state index is 11.3. The van der Waals surface area contributed by atoms with Crippen LogP contribution in [-0.4, -0.2) is 25.7 Å². The molecule has 0 aromatic heterocycles. The monoisotopic (exact) mass is 265 g/mol. The Morgan fingerprint density at radius 1 is 1.32 bits per heavy atom. The molecule has 0 saturated carbocycles. The molecule has 0 saturated heterocycles. The zero-order valence-electron chi connectivity index (χ0n) is 12.4. The molecule has 2 N–H and O–H groups in total. The fourth-order valence-electron chi connectivity index (χ4n) is 2.11. The highest BCUT2D eigenvalue weighted by molar-refractivity contribution is 5.74. The molecule has 19 heavy (non-hydrogen) atoms. The number of carbonyl (C=O) groups is 1. The summed E-state index contributed by atoms with van der Waals surface area (Å²) in [6, 6.07) is 1.52. The predicted molar refractivity (Wildman–Crippen MR) is 75.5 cm³/mol. The van der Waals surface area contributed by atoms with Crippen molar-refractivity contribution in [1.29, 1.82) is 0 Å². The minimum Gasteiger partial charge on any atom is -0.496 e. The second-order valence-corrected chi connectivity index (χ2v) is 4.84. The number of nitrogens with two attached hydrogens (primary N) is 1. The molecular formula is C15H23NO3. The first-order valence-electron chi connectivity index (χ1n) is 6.44. The number of hydrogen-bond donors (Lipinski definition) is 1. The maximum absolute atomic E-state index is 11.3. The highest BCUT2D eigenvalue weighted by Crippen LogP contribution is 2.28. The molecule has 0 bridgehead atoms. The summed E-state index contributed by atoms with van der Waals surface area (Å²) in [7, 11) is 1.68. The lowest BCUT2D eigenvalue weighted by molar-refractivity contribution is -0.144. The zero-order valence-corrected chi connectivity index (χ0v) is 12.4. The van der Waals surface area contributed by atoms with E-state index in [4.69, 9.17) is 15.2 Å². The predicted octanol–water partition coefficient (Wildman–Crippen LogP) is 2.05. The summed E-state index contributed by atoms with van der Waals surface area (Å²) in [5.74, 6) is 0.563. The number of carbonyl (C=O) groups excluding carboxylic acids is 1. The number of benzene rings is 1. The summed E-state index contributed by atoms with van der Waals surface area (Å²) in [5, 5.41) is 0. The summed E-state index contributed by atoms with van der Waals surface area (Å²) in [6.07, 6.45) is 0.690. The van der Waals surface area contributed by atoms with Gasteiger partial charge in [0.15, 0.2) is 0 Å². The molecule has 1 aromatic carbocycles. The first-order valence-corrected chi connectivity index (χ1v) is 6.44. The Bertz CT molecular complexity index is 467. The van der Waals surface area contributed by atoms with Gasteiger partial charge in [-0.25, -0.2) is 0 Å². The summed E-state index contributed by atoms with van der Waals surface area (Å²) < 4.78 is 10.5. The number of methoxy groups -OCH3 is 1. The van der Waals surface area contributed by atoms with Gasteiger partial charge in [0.2, 0.25) is 0 Å². The number of rotatable bonds is 5. The van der Waals surface area contributed by atoms with Gasteiger partial charge in [-0.15, -0.1) is 0 Å². The molecular weight excluding hydrogens is 242 g/mol. The molecule has 0 radical (unpaired) electrons.